The average Bonchev–Trinajstić information content (AvgIpc) is 2.48. The smallest absolute Gasteiger partial charge is 0.271 e. The molecule has 0 radical (unpaired) electrons. The van der Waals surface area contributed by atoms with Crippen LogP contribution in [0, 0.1) is 17.0 Å². The maximum atomic E-state index is 12.4. The number of nitro groups is 1. The molecule has 7 heteroatoms. The number of anilines is 1. The Balaban J connectivity index is 2.40. The van der Waals surface area contributed by atoms with Crippen LogP contribution in [-0.2, 0) is 10.8 Å². The van der Waals surface area contributed by atoms with E-state index < -0.39 is 15.7 Å². The van der Waals surface area contributed by atoms with Crippen molar-refractivity contribution in [1.82, 2.24) is 0 Å². The van der Waals surface area contributed by atoms with E-state index in [0.717, 1.165) is 24.1 Å². The zero-order chi connectivity index (χ0) is 16.5. The van der Waals surface area contributed by atoms with Crippen LogP contribution in [0.25, 0.3) is 0 Å². The van der Waals surface area contributed by atoms with Crippen molar-refractivity contribution in [2.45, 2.75) is 38.4 Å². The van der Waals surface area contributed by atoms with Gasteiger partial charge < -0.3 is 4.90 Å². The highest BCUT2D eigenvalue weighted by Gasteiger charge is 2.39. The molecule has 0 aromatic heterocycles. The van der Waals surface area contributed by atoms with Crippen LogP contribution < -0.4 is 4.90 Å². The largest absolute Gasteiger partial charge is 0.368 e. The summed E-state index contributed by atoms with van der Waals surface area (Å²) in [5.41, 5.74) is 1.62. The molecule has 0 N–H and O–H groups in total. The van der Waals surface area contributed by atoms with Gasteiger partial charge in [-0.3, -0.25) is 14.3 Å². The third-order valence-electron chi connectivity index (χ3n) is 4.56. The summed E-state index contributed by atoms with van der Waals surface area (Å²) in [6.45, 7) is 7.29. The van der Waals surface area contributed by atoms with Crippen LogP contribution in [0.5, 0.6) is 0 Å². The summed E-state index contributed by atoms with van der Waals surface area (Å²) >= 11 is 6.31. The first-order valence-corrected chi connectivity index (χ1v) is 9.12. The van der Waals surface area contributed by atoms with Crippen LogP contribution in [0.3, 0.4) is 0 Å². The Bertz CT molecular complexity index is 594. The molecule has 22 heavy (non-hydrogen) atoms. The number of hydrogen-bond acceptors (Lipinski definition) is 4. The quantitative estimate of drug-likeness (QED) is 0.617. The van der Waals surface area contributed by atoms with Gasteiger partial charge in [-0.25, -0.2) is 0 Å². The van der Waals surface area contributed by atoms with Gasteiger partial charge >= 0.3 is 0 Å². The first-order valence-electron chi connectivity index (χ1n) is 7.42. The van der Waals surface area contributed by atoms with Gasteiger partial charge in [0.2, 0.25) is 0 Å². The van der Waals surface area contributed by atoms with Gasteiger partial charge in [-0.15, -0.1) is 0 Å². The van der Waals surface area contributed by atoms with Gasteiger partial charge in [0.15, 0.2) is 0 Å². The van der Waals surface area contributed by atoms with E-state index in [4.69, 9.17) is 11.6 Å². The van der Waals surface area contributed by atoms with E-state index >= 15 is 0 Å². The molecule has 1 saturated heterocycles. The monoisotopic (exact) mass is 344 g/mol. The lowest BCUT2D eigenvalue weighted by molar-refractivity contribution is -0.384. The topological polar surface area (TPSA) is 63.4 Å². The second kappa shape index (κ2) is 6.54. The van der Waals surface area contributed by atoms with Crippen molar-refractivity contribution in [3.05, 3.63) is 32.8 Å². The third-order valence-corrected chi connectivity index (χ3v) is 7.08. The van der Waals surface area contributed by atoms with Crippen molar-refractivity contribution in [2.75, 3.05) is 23.7 Å². The van der Waals surface area contributed by atoms with Crippen molar-refractivity contribution in [3.8, 4) is 0 Å². The summed E-state index contributed by atoms with van der Waals surface area (Å²) in [7, 11) is -0.849. The lowest BCUT2D eigenvalue weighted by Gasteiger charge is -2.43. The SMILES string of the molecule is CCC1(CC)CN(c2c(C)cc([N+](=O)[O-])cc2Cl)CCS1=O. The van der Waals surface area contributed by atoms with Crippen molar-refractivity contribution in [3.63, 3.8) is 0 Å². The highest BCUT2D eigenvalue weighted by Crippen LogP contribution is 2.38. The molecule has 5 nitrogen and oxygen atoms in total. The van der Waals surface area contributed by atoms with E-state index in [-0.39, 0.29) is 10.4 Å². The van der Waals surface area contributed by atoms with E-state index in [2.05, 4.69) is 18.7 Å². The maximum Gasteiger partial charge on any atom is 0.271 e. The molecule has 1 aromatic rings. The van der Waals surface area contributed by atoms with Gasteiger partial charge in [0.25, 0.3) is 5.69 Å². The van der Waals surface area contributed by atoms with E-state index in [0.29, 0.717) is 23.9 Å². The Kier molecular flexibility index (Phi) is 5.12. The molecule has 0 spiro atoms. The molecule has 0 aliphatic carbocycles. The molecule has 122 valence electrons. The fourth-order valence-electron chi connectivity index (χ4n) is 3.12. The van der Waals surface area contributed by atoms with Gasteiger partial charge in [0.05, 0.1) is 20.4 Å². The fraction of sp³-hybridized carbons (Fsp3) is 0.600. The van der Waals surface area contributed by atoms with Gasteiger partial charge in [-0.1, -0.05) is 25.4 Å². The molecular formula is C15H21ClN2O3S. The Hall–Kier alpha value is -1.14. The second-order valence-corrected chi connectivity index (χ2v) is 8.08. The van der Waals surface area contributed by atoms with Gasteiger partial charge in [-0.05, 0) is 25.3 Å². The maximum absolute atomic E-state index is 12.4. The number of non-ortho nitro benzene ring substituents is 1. The van der Waals surface area contributed by atoms with Crippen molar-refractivity contribution in [1.29, 1.82) is 0 Å². The minimum atomic E-state index is -0.849. The molecule has 1 fully saturated rings. The molecule has 0 saturated carbocycles. The summed E-state index contributed by atoms with van der Waals surface area (Å²) in [6, 6.07) is 2.95. The van der Waals surface area contributed by atoms with Crippen molar-refractivity contribution >= 4 is 33.8 Å². The minimum absolute atomic E-state index is 0.00378. The normalized spacial score (nSPS) is 20.9. The molecule has 0 bridgehead atoms. The second-order valence-electron chi connectivity index (χ2n) is 5.71. The van der Waals surface area contributed by atoms with E-state index in [1.165, 1.54) is 6.07 Å². The number of rotatable bonds is 4. The molecule has 1 atom stereocenters. The third kappa shape index (κ3) is 2.99. The predicted molar refractivity (Wildman–Crippen MR) is 91.4 cm³/mol. The Morgan fingerprint density at radius 3 is 2.55 bits per heavy atom. The van der Waals surface area contributed by atoms with E-state index in [9.17, 15) is 14.3 Å². The minimum Gasteiger partial charge on any atom is -0.368 e. The Labute approximate surface area is 138 Å². The number of halogens is 1. The highest BCUT2D eigenvalue weighted by atomic mass is 35.5. The van der Waals surface area contributed by atoms with E-state index in [1.807, 2.05) is 6.92 Å². The first kappa shape index (κ1) is 17.2. The number of nitro benzene ring substituents is 1. The van der Waals surface area contributed by atoms with Crippen LogP contribution in [0.4, 0.5) is 11.4 Å². The van der Waals surface area contributed by atoms with Crippen LogP contribution in [0.15, 0.2) is 12.1 Å². The molecule has 1 aliphatic rings. The fourth-order valence-corrected chi connectivity index (χ4v) is 5.26. The molecule has 2 rings (SSSR count). The van der Waals surface area contributed by atoms with Crippen molar-refractivity contribution in [2.24, 2.45) is 0 Å². The summed E-state index contributed by atoms with van der Waals surface area (Å²) < 4.78 is 12.2. The zero-order valence-corrected chi connectivity index (χ0v) is 14.7. The molecule has 1 aromatic carbocycles. The van der Waals surface area contributed by atoms with E-state index in [1.54, 1.807) is 6.07 Å². The Morgan fingerprint density at radius 1 is 1.41 bits per heavy atom. The van der Waals surface area contributed by atoms with Crippen LogP contribution >= 0.6 is 11.6 Å². The average molecular weight is 345 g/mol. The summed E-state index contributed by atoms with van der Waals surface area (Å²) in [6.07, 6.45) is 1.69. The van der Waals surface area contributed by atoms with Crippen LogP contribution in [0.2, 0.25) is 5.02 Å². The number of aryl methyl sites for hydroxylation is 1. The van der Waals surface area contributed by atoms with Gasteiger partial charge in [0, 0.05) is 41.8 Å². The lowest BCUT2D eigenvalue weighted by Crippen LogP contribution is -2.53. The number of hydrogen-bond donors (Lipinski definition) is 0. The number of benzene rings is 1. The molecule has 0 amide bonds. The molecule has 1 aliphatic heterocycles. The van der Waals surface area contributed by atoms with Gasteiger partial charge in [0.1, 0.15) is 0 Å². The molecule has 1 heterocycles. The zero-order valence-electron chi connectivity index (χ0n) is 13.1. The standard InChI is InChI=1S/C15H21ClN2O3S/c1-4-15(5-2)10-17(6-7-22(15)21)14-11(3)8-12(18(19)20)9-13(14)16/h8-9H,4-7,10H2,1-3H3. The number of nitrogens with zero attached hydrogens (tertiary/aromatic N) is 2. The molecular weight excluding hydrogens is 324 g/mol. The lowest BCUT2D eigenvalue weighted by atomic mass is 10.00. The van der Waals surface area contributed by atoms with Gasteiger partial charge in [-0.2, -0.15) is 0 Å². The van der Waals surface area contributed by atoms with Crippen LogP contribution in [-0.4, -0.2) is 32.7 Å². The summed E-state index contributed by atoms with van der Waals surface area (Å²) in [5, 5.41) is 11.3. The highest BCUT2D eigenvalue weighted by molar-refractivity contribution is 7.86. The molecule has 1 unspecified atom stereocenters. The summed E-state index contributed by atoms with van der Waals surface area (Å²) in [4.78, 5) is 12.6. The van der Waals surface area contributed by atoms with Crippen LogP contribution in [0.1, 0.15) is 32.3 Å². The Morgan fingerprint density at radius 2 is 2.05 bits per heavy atom. The first-order chi connectivity index (χ1) is 10.3. The predicted octanol–water partition coefficient (Wildman–Crippen LogP) is 3.68. The summed E-state index contributed by atoms with van der Waals surface area (Å²) in [5.74, 6) is 0.606. The van der Waals surface area contributed by atoms with Crippen molar-refractivity contribution < 1.29 is 9.13 Å².